The lowest BCUT2D eigenvalue weighted by Gasteiger charge is -2.11. The number of aryl methyl sites for hydroxylation is 2. The Morgan fingerprint density at radius 1 is 1.33 bits per heavy atom. The second-order valence-electron chi connectivity index (χ2n) is 4.14. The van der Waals surface area contributed by atoms with Crippen LogP contribution in [0.1, 0.15) is 17.5 Å². The van der Waals surface area contributed by atoms with E-state index in [1.165, 1.54) is 0 Å². The standard InChI is InChI=1S/C12H18ClNO/c1-9-7-11(13)8-10(12(9)15)5-4-6-14(2)3/h7-8,15H,4-6H2,1-3H3. The summed E-state index contributed by atoms with van der Waals surface area (Å²) in [5, 5.41) is 10.5. The highest BCUT2D eigenvalue weighted by Crippen LogP contribution is 2.27. The summed E-state index contributed by atoms with van der Waals surface area (Å²) in [4.78, 5) is 2.13. The molecule has 0 amide bonds. The number of hydrogen-bond acceptors (Lipinski definition) is 2. The minimum Gasteiger partial charge on any atom is -0.507 e. The fraction of sp³-hybridized carbons (Fsp3) is 0.500. The van der Waals surface area contributed by atoms with Gasteiger partial charge in [-0.2, -0.15) is 0 Å². The normalized spacial score (nSPS) is 11.0. The molecule has 84 valence electrons. The summed E-state index contributed by atoms with van der Waals surface area (Å²) in [6, 6.07) is 3.63. The van der Waals surface area contributed by atoms with Gasteiger partial charge in [0.1, 0.15) is 5.75 Å². The highest BCUT2D eigenvalue weighted by atomic mass is 35.5. The third kappa shape index (κ3) is 3.73. The maximum Gasteiger partial charge on any atom is 0.121 e. The highest BCUT2D eigenvalue weighted by Gasteiger charge is 2.06. The molecule has 1 aromatic carbocycles. The largest absolute Gasteiger partial charge is 0.507 e. The van der Waals surface area contributed by atoms with E-state index in [0.29, 0.717) is 10.8 Å². The highest BCUT2D eigenvalue weighted by molar-refractivity contribution is 6.30. The van der Waals surface area contributed by atoms with Gasteiger partial charge in [-0.1, -0.05) is 11.6 Å². The first-order valence-electron chi connectivity index (χ1n) is 5.13. The van der Waals surface area contributed by atoms with Gasteiger partial charge in [-0.3, -0.25) is 0 Å². The summed E-state index contributed by atoms with van der Waals surface area (Å²) >= 11 is 5.94. The summed E-state index contributed by atoms with van der Waals surface area (Å²) in [7, 11) is 4.09. The number of halogens is 1. The van der Waals surface area contributed by atoms with Crippen LogP contribution in [0, 0.1) is 6.92 Å². The molecule has 0 saturated carbocycles. The fourth-order valence-electron chi connectivity index (χ4n) is 1.58. The maximum atomic E-state index is 9.81. The third-order valence-electron chi connectivity index (χ3n) is 2.40. The summed E-state index contributed by atoms with van der Waals surface area (Å²) < 4.78 is 0. The number of hydrogen-bond donors (Lipinski definition) is 1. The molecule has 0 heterocycles. The topological polar surface area (TPSA) is 23.5 Å². The zero-order valence-electron chi connectivity index (χ0n) is 9.55. The predicted molar refractivity (Wildman–Crippen MR) is 64.7 cm³/mol. The van der Waals surface area contributed by atoms with Crippen molar-refractivity contribution >= 4 is 11.6 Å². The van der Waals surface area contributed by atoms with Gasteiger partial charge in [-0.15, -0.1) is 0 Å². The summed E-state index contributed by atoms with van der Waals surface area (Å²) in [6.45, 7) is 2.89. The van der Waals surface area contributed by atoms with E-state index >= 15 is 0 Å². The van der Waals surface area contributed by atoms with Gasteiger partial charge < -0.3 is 10.0 Å². The van der Waals surface area contributed by atoms with Crippen molar-refractivity contribution in [3.8, 4) is 5.75 Å². The van der Waals surface area contributed by atoms with Crippen molar-refractivity contribution in [2.45, 2.75) is 19.8 Å². The molecular weight excluding hydrogens is 210 g/mol. The minimum atomic E-state index is 0.387. The first-order valence-corrected chi connectivity index (χ1v) is 5.51. The van der Waals surface area contributed by atoms with Crippen LogP contribution in [-0.4, -0.2) is 30.6 Å². The Bertz CT molecular complexity index is 337. The Kier molecular flexibility index (Phi) is 4.43. The number of rotatable bonds is 4. The van der Waals surface area contributed by atoms with Crippen LogP contribution in [0.2, 0.25) is 5.02 Å². The molecule has 0 atom stereocenters. The van der Waals surface area contributed by atoms with E-state index < -0.39 is 0 Å². The van der Waals surface area contributed by atoms with Crippen LogP contribution in [0.15, 0.2) is 12.1 Å². The van der Waals surface area contributed by atoms with Crippen molar-refractivity contribution in [3.05, 3.63) is 28.3 Å². The average molecular weight is 228 g/mol. The number of benzene rings is 1. The average Bonchev–Trinajstić information content (AvgIpc) is 2.12. The van der Waals surface area contributed by atoms with E-state index in [-0.39, 0.29) is 0 Å². The van der Waals surface area contributed by atoms with Crippen molar-refractivity contribution in [2.24, 2.45) is 0 Å². The molecule has 1 rings (SSSR count). The molecular formula is C12H18ClNO. The van der Waals surface area contributed by atoms with Crippen LogP contribution in [0.4, 0.5) is 0 Å². The van der Waals surface area contributed by atoms with Crippen LogP contribution in [-0.2, 0) is 6.42 Å². The van der Waals surface area contributed by atoms with Crippen LogP contribution in [0.3, 0.4) is 0 Å². The molecule has 3 heteroatoms. The lowest BCUT2D eigenvalue weighted by Crippen LogP contribution is -2.13. The van der Waals surface area contributed by atoms with Crippen molar-refractivity contribution in [3.63, 3.8) is 0 Å². The second-order valence-corrected chi connectivity index (χ2v) is 4.57. The monoisotopic (exact) mass is 227 g/mol. The summed E-state index contributed by atoms with van der Waals surface area (Å²) in [6.07, 6.45) is 1.89. The molecule has 0 fully saturated rings. The van der Waals surface area contributed by atoms with Gasteiger partial charge in [0, 0.05) is 5.02 Å². The van der Waals surface area contributed by atoms with Gasteiger partial charge in [-0.05, 0) is 63.7 Å². The molecule has 2 nitrogen and oxygen atoms in total. The van der Waals surface area contributed by atoms with E-state index in [1.54, 1.807) is 6.07 Å². The molecule has 0 spiro atoms. The zero-order valence-corrected chi connectivity index (χ0v) is 10.3. The Balaban J connectivity index is 2.68. The van der Waals surface area contributed by atoms with Crippen molar-refractivity contribution in [2.75, 3.05) is 20.6 Å². The molecule has 0 saturated heterocycles. The Morgan fingerprint density at radius 3 is 2.60 bits per heavy atom. The third-order valence-corrected chi connectivity index (χ3v) is 2.61. The first kappa shape index (κ1) is 12.3. The second kappa shape index (κ2) is 5.38. The van der Waals surface area contributed by atoms with Crippen LogP contribution < -0.4 is 0 Å². The lowest BCUT2D eigenvalue weighted by atomic mass is 10.1. The van der Waals surface area contributed by atoms with Gasteiger partial charge in [0.2, 0.25) is 0 Å². The quantitative estimate of drug-likeness (QED) is 0.855. The number of phenols is 1. The maximum absolute atomic E-state index is 9.81. The van der Waals surface area contributed by atoms with Gasteiger partial charge >= 0.3 is 0 Å². The van der Waals surface area contributed by atoms with Crippen molar-refractivity contribution in [1.29, 1.82) is 0 Å². The molecule has 0 unspecified atom stereocenters. The first-order chi connectivity index (χ1) is 7.00. The molecule has 0 aliphatic rings. The summed E-state index contributed by atoms with van der Waals surface area (Å²) in [5.74, 6) is 0.387. The Hall–Kier alpha value is -0.730. The number of aromatic hydroxyl groups is 1. The molecule has 1 aromatic rings. The molecule has 0 radical (unpaired) electrons. The van der Waals surface area contributed by atoms with Crippen LogP contribution in [0.25, 0.3) is 0 Å². The van der Waals surface area contributed by atoms with E-state index in [4.69, 9.17) is 11.6 Å². The Labute approximate surface area is 96.5 Å². The van der Waals surface area contributed by atoms with Crippen LogP contribution in [0.5, 0.6) is 5.75 Å². The van der Waals surface area contributed by atoms with Gasteiger partial charge in [-0.25, -0.2) is 0 Å². The lowest BCUT2D eigenvalue weighted by molar-refractivity contribution is 0.397. The number of phenolic OH excluding ortho intramolecular Hbond substituents is 1. The van der Waals surface area contributed by atoms with E-state index in [1.807, 2.05) is 27.1 Å². The molecule has 0 aliphatic heterocycles. The van der Waals surface area contributed by atoms with Crippen molar-refractivity contribution in [1.82, 2.24) is 4.90 Å². The Morgan fingerprint density at radius 2 is 2.00 bits per heavy atom. The SMILES string of the molecule is Cc1cc(Cl)cc(CCCN(C)C)c1O. The van der Waals surface area contributed by atoms with Crippen LogP contribution >= 0.6 is 11.6 Å². The molecule has 15 heavy (non-hydrogen) atoms. The van der Waals surface area contributed by atoms with E-state index in [9.17, 15) is 5.11 Å². The van der Waals surface area contributed by atoms with Gasteiger partial charge in [0.05, 0.1) is 0 Å². The molecule has 0 bridgehead atoms. The van der Waals surface area contributed by atoms with Gasteiger partial charge in [0.15, 0.2) is 0 Å². The zero-order chi connectivity index (χ0) is 11.4. The van der Waals surface area contributed by atoms with E-state index in [0.717, 1.165) is 30.5 Å². The molecule has 1 N–H and O–H groups in total. The molecule has 0 aromatic heterocycles. The minimum absolute atomic E-state index is 0.387. The predicted octanol–water partition coefficient (Wildman–Crippen LogP) is 2.85. The van der Waals surface area contributed by atoms with Crippen molar-refractivity contribution < 1.29 is 5.11 Å². The molecule has 0 aliphatic carbocycles. The summed E-state index contributed by atoms with van der Waals surface area (Å²) in [5.41, 5.74) is 1.80. The fourth-order valence-corrected chi connectivity index (χ4v) is 1.88. The number of nitrogens with zero attached hydrogens (tertiary/aromatic N) is 1. The van der Waals surface area contributed by atoms with Gasteiger partial charge in [0.25, 0.3) is 0 Å². The smallest absolute Gasteiger partial charge is 0.121 e. The van der Waals surface area contributed by atoms with E-state index in [2.05, 4.69) is 4.90 Å².